The minimum atomic E-state index is -0.251. The Balaban J connectivity index is 0.00000160. The van der Waals surface area contributed by atoms with E-state index >= 15 is 0 Å². The van der Waals surface area contributed by atoms with Crippen molar-refractivity contribution >= 4 is 42.3 Å². The predicted octanol–water partition coefficient (Wildman–Crippen LogP) is 5.77. The Labute approximate surface area is 186 Å². The number of pyridine rings is 1. The second-order valence-electron chi connectivity index (χ2n) is 6.36. The summed E-state index contributed by atoms with van der Waals surface area (Å²) in [6, 6.07) is 12.3. The molecule has 0 spiro atoms. The molecular formula is C21H21Cl2FN6. The first-order chi connectivity index (χ1) is 13.7. The van der Waals surface area contributed by atoms with Crippen molar-refractivity contribution in [2.24, 2.45) is 0 Å². The summed E-state index contributed by atoms with van der Waals surface area (Å²) in [7, 11) is 0. The lowest BCUT2D eigenvalue weighted by Crippen LogP contribution is -2.09. The van der Waals surface area contributed by atoms with Gasteiger partial charge in [-0.25, -0.2) is 14.4 Å². The highest BCUT2D eigenvalue weighted by molar-refractivity contribution is 5.85. The summed E-state index contributed by atoms with van der Waals surface area (Å²) in [4.78, 5) is 16.0. The maximum absolute atomic E-state index is 13.2. The Morgan fingerprint density at radius 2 is 1.70 bits per heavy atom. The fourth-order valence-electron chi connectivity index (χ4n) is 2.89. The number of rotatable bonds is 6. The molecule has 0 aliphatic rings. The summed E-state index contributed by atoms with van der Waals surface area (Å²) in [5, 5.41) is 6.57. The van der Waals surface area contributed by atoms with E-state index in [1.165, 1.54) is 12.1 Å². The van der Waals surface area contributed by atoms with E-state index in [1.54, 1.807) is 30.7 Å². The first-order valence-electron chi connectivity index (χ1n) is 8.88. The van der Waals surface area contributed by atoms with Crippen LogP contribution in [0.5, 0.6) is 0 Å². The summed E-state index contributed by atoms with van der Waals surface area (Å²) >= 11 is 0. The normalized spacial score (nSPS) is 11.0. The average Bonchev–Trinajstić information content (AvgIpc) is 3.24. The lowest BCUT2D eigenvalue weighted by Gasteiger charge is -2.17. The van der Waals surface area contributed by atoms with Crippen molar-refractivity contribution in [1.82, 2.24) is 19.9 Å². The zero-order valence-electron chi connectivity index (χ0n) is 16.0. The van der Waals surface area contributed by atoms with Gasteiger partial charge in [0.1, 0.15) is 23.3 Å². The fourth-order valence-corrected chi connectivity index (χ4v) is 2.89. The molecule has 0 saturated heterocycles. The number of anilines is 3. The zero-order chi connectivity index (χ0) is 19.3. The lowest BCUT2D eigenvalue weighted by atomic mass is 10.1. The van der Waals surface area contributed by atoms with Crippen LogP contribution in [0.15, 0.2) is 73.4 Å². The first kappa shape index (κ1) is 23.1. The van der Waals surface area contributed by atoms with Gasteiger partial charge in [-0.3, -0.25) is 4.98 Å². The minimum absolute atomic E-state index is 0. The average molecular weight is 447 g/mol. The van der Waals surface area contributed by atoms with Gasteiger partial charge in [-0.15, -0.1) is 24.8 Å². The molecule has 0 fully saturated rings. The molecule has 0 aliphatic heterocycles. The molecule has 0 aliphatic carbocycles. The highest BCUT2D eigenvalue weighted by atomic mass is 35.5. The van der Waals surface area contributed by atoms with Crippen molar-refractivity contribution in [1.29, 1.82) is 0 Å². The van der Waals surface area contributed by atoms with Gasteiger partial charge < -0.3 is 15.6 Å². The van der Waals surface area contributed by atoms with Gasteiger partial charge in [0, 0.05) is 30.8 Å². The molecule has 0 bridgehead atoms. The van der Waals surface area contributed by atoms with Crippen molar-refractivity contribution in [3.8, 4) is 11.1 Å². The topological polar surface area (TPSA) is 78.5 Å². The Morgan fingerprint density at radius 1 is 0.933 bits per heavy atom. The first-order valence-corrected chi connectivity index (χ1v) is 8.88. The minimum Gasteiger partial charge on any atom is -0.367 e. The smallest absolute Gasteiger partial charge is 0.150 e. The molecule has 1 unspecified atom stereocenters. The second kappa shape index (κ2) is 10.6. The number of nitrogens with one attached hydrogen (secondary N) is 3. The molecule has 4 aromatic rings. The SMILES string of the molecule is CC(Nc1cc(-c2cc[nH]c2)cc(Nc2cnccn2)n1)c1ccc(F)cc1.Cl.Cl. The molecule has 9 heteroatoms. The van der Waals surface area contributed by atoms with Crippen molar-refractivity contribution in [3.63, 3.8) is 0 Å². The molecule has 4 rings (SSSR count). The summed E-state index contributed by atoms with van der Waals surface area (Å²) in [5.41, 5.74) is 3.01. The Hall–Kier alpha value is -3.16. The van der Waals surface area contributed by atoms with E-state index in [0.717, 1.165) is 16.7 Å². The molecule has 0 radical (unpaired) electrons. The summed E-state index contributed by atoms with van der Waals surface area (Å²) < 4.78 is 13.2. The van der Waals surface area contributed by atoms with E-state index in [1.807, 2.05) is 37.5 Å². The lowest BCUT2D eigenvalue weighted by molar-refractivity contribution is 0.626. The number of hydrogen-bond donors (Lipinski definition) is 3. The van der Waals surface area contributed by atoms with Crippen molar-refractivity contribution in [3.05, 3.63) is 84.8 Å². The van der Waals surface area contributed by atoms with Gasteiger partial charge in [0.15, 0.2) is 0 Å². The number of halogens is 3. The van der Waals surface area contributed by atoms with E-state index in [0.29, 0.717) is 17.5 Å². The van der Waals surface area contributed by atoms with Crippen LogP contribution < -0.4 is 10.6 Å². The summed E-state index contributed by atoms with van der Waals surface area (Å²) in [5.74, 6) is 1.70. The van der Waals surface area contributed by atoms with Gasteiger partial charge in [0.25, 0.3) is 0 Å². The molecule has 3 N–H and O–H groups in total. The maximum Gasteiger partial charge on any atom is 0.150 e. The largest absolute Gasteiger partial charge is 0.367 e. The predicted molar refractivity (Wildman–Crippen MR) is 122 cm³/mol. The molecule has 156 valence electrons. The van der Waals surface area contributed by atoms with Crippen molar-refractivity contribution < 1.29 is 4.39 Å². The van der Waals surface area contributed by atoms with Crippen LogP contribution in [0.1, 0.15) is 18.5 Å². The van der Waals surface area contributed by atoms with Crippen LogP contribution in [0, 0.1) is 5.82 Å². The third-order valence-electron chi connectivity index (χ3n) is 4.31. The quantitative estimate of drug-likeness (QED) is 0.350. The van der Waals surface area contributed by atoms with Gasteiger partial charge in [-0.05, 0) is 53.9 Å². The van der Waals surface area contributed by atoms with Gasteiger partial charge in [0.05, 0.1) is 6.20 Å². The third kappa shape index (κ3) is 5.68. The highest BCUT2D eigenvalue weighted by Crippen LogP contribution is 2.28. The molecular weight excluding hydrogens is 426 g/mol. The highest BCUT2D eigenvalue weighted by Gasteiger charge is 2.10. The standard InChI is InChI=1S/C21H19FN6.2ClH/c1-14(15-2-4-18(22)5-3-15)26-19-10-17(16-6-7-23-12-16)11-20(27-19)28-21-13-24-8-9-25-21;;/h2-14,23H,1H3,(H2,25,26,27,28);2*1H. The van der Waals surface area contributed by atoms with Crippen LogP contribution in [0.3, 0.4) is 0 Å². The van der Waals surface area contributed by atoms with Gasteiger partial charge >= 0.3 is 0 Å². The van der Waals surface area contributed by atoms with Crippen molar-refractivity contribution in [2.75, 3.05) is 10.6 Å². The number of hydrogen-bond acceptors (Lipinski definition) is 5. The van der Waals surface area contributed by atoms with Gasteiger partial charge in [0.2, 0.25) is 0 Å². The van der Waals surface area contributed by atoms with E-state index in [9.17, 15) is 4.39 Å². The molecule has 1 atom stereocenters. The summed E-state index contributed by atoms with van der Waals surface area (Å²) in [6.07, 6.45) is 8.67. The van der Waals surface area contributed by atoms with Crippen LogP contribution in [0.2, 0.25) is 0 Å². The van der Waals surface area contributed by atoms with E-state index in [4.69, 9.17) is 0 Å². The Morgan fingerprint density at radius 3 is 2.37 bits per heavy atom. The molecule has 3 aromatic heterocycles. The van der Waals surface area contributed by atoms with Crippen LogP contribution >= 0.6 is 24.8 Å². The Kier molecular flexibility index (Phi) is 8.15. The third-order valence-corrected chi connectivity index (χ3v) is 4.31. The second-order valence-corrected chi connectivity index (χ2v) is 6.36. The maximum atomic E-state index is 13.2. The van der Waals surface area contributed by atoms with Crippen LogP contribution in [0.4, 0.5) is 21.8 Å². The van der Waals surface area contributed by atoms with E-state index < -0.39 is 0 Å². The van der Waals surface area contributed by atoms with E-state index in [2.05, 4.69) is 30.6 Å². The number of aromatic amines is 1. The van der Waals surface area contributed by atoms with E-state index in [-0.39, 0.29) is 36.7 Å². The molecule has 0 saturated carbocycles. The molecule has 6 nitrogen and oxygen atoms in total. The van der Waals surface area contributed by atoms with Crippen molar-refractivity contribution in [2.45, 2.75) is 13.0 Å². The molecule has 0 amide bonds. The van der Waals surface area contributed by atoms with Crippen LogP contribution in [0.25, 0.3) is 11.1 Å². The number of nitrogens with zero attached hydrogens (tertiary/aromatic N) is 3. The molecule has 3 heterocycles. The van der Waals surface area contributed by atoms with Gasteiger partial charge in [-0.2, -0.15) is 0 Å². The molecule has 30 heavy (non-hydrogen) atoms. The number of H-pyrrole nitrogens is 1. The zero-order valence-corrected chi connectivity index (χ0v) is 17.7. The Bertz CT molecular complexity index is 1040. The van der Waals surface area contributed by atoms with Crippen LogP contribution in [-0.2, 0) is 0 Å². The summed E-state index contributed by atoms with van der Waals surface area (Å²) in [6.45, 7) is 2.01. The fraction of sp³-hybridized carbons (Fsp3) is 0.0952. The van der Waals surface area contributed by atoms with Gasteiger partial charge in [-0.1, -0.05) is 12.1 Å². The van der Waals surface area contributed by atoms with Crippen LogP contribution in [-0.4, -0.2) is 19.9 Å². The molecule has 1 aromatic carbocycles. The number of aromatic nitrogens is 4. The monoisotopic (exact) mass is 446 g/mol. The number of benzene rings is 1.